The number of rotatable bonds is 8. The van der Waals surface area contributed by atoms with Crippen LogP contribution in [0.3, 0.4) is 0 Å². The zero-order chi connectivity index (χ0) is 22.2. The third-order valence-electron chi connectivity index (χ3n) is 5.60. The Kier molecular flexibility index (Phi) is 7.35. The lowest BCUT2D eigenvalue weighted by Crippen LogP contribution is -2.49. The second-order valence-electron chi connectivity index (χ2n) is 8.08. The molecule has 0 saturated carbocycles. The van der Waals surface area contributed by atoms with Crippen LogP contribution in [-0.4, -0.2) is 53.8 Å². The number of benzene rings is 2. The normalized spacial score (nSPS) is 15.0. The highest BCUT2D eigenvalue weighted by Crippen LogP contribution is 2.13. The molecule has 2 heterocycles. The van der Waals surface area contributed by atoms with Gasteiger partial charge in [-0.2, -0.15) is 0 Å². The molecule has 0 atom stereocenters. The minimum atomic E-state index is -0.0576. The largest absolute Gasteiger partial charge is 0.492 e. The predicted octanol–water partition coefficient (Wildman–Crippen LogP) is 3.55. The van der Waals surface area contributed by atoms with Crippen LogP contribution in [0, 0.1) is 0 Å². The van der Waals surface area contributed by atoms with E-state index < -0.39 is 0 Å². The number of anilines is 1. The van der Waals surface area contributed by atoms with Crippen molar-refractivity contribution < 1.29 is 4.74 Å². The number of nitrogens with zero attached hydrogens (tertiary/aromatic N) is 4. The average molecular weight is 431 g/mol. The minimum absolute atomic E-state index is 0.0576. The van der Waals surface area contributed by atoms with Gasteiger partial charge in [0.2, 0.25) is 0 Å². The number of hydrogen-bond acceptors (Lipinski definition) is 5. The summed E-state index contributed by atoms with van der Waals surface area (Å²) >= 11 is 0. The van der Waals surface area contributed by atoms with Crippen molar-refractivity contribution in [1.82, 2.24) is 14.5 Å². The number of aromatic nitrogens is 2. The average Bonchev–Trinajstić information content (AvgIpc) is 2.82. The standard InChI is InChI=1S/C26H30N4O2/c1-22(20-23-8-4-2-5-9-23)21-28-14-16-29(17-15-28)25-26(31)30(13-12-27-25)18-19-32-24-10-6-3-7-11-24/h2-13,20H,14-19,21H2,1H3/b22-20+. The van der Waals surface area contributed by atoms with Crippen molar-refractivity contribution in [2.75, 3.05) is 44.2 Å². The molecule has 1 aliphatic heterocycles. The van der Waals surface area contributed by atoms with Gasteiger partial charge in [-0.1, -0.05) is 60.2 Å². The van der Waals surface area contributed by atoms with Crippen molar-refractivity contribution in [2.45, 2.75) is 13.5 Å². The van der Waals surface area contributed by atoms with Crippen LogP contribution in [0.1, 0.15) is 12.5 Å². The summed E-state index contributed by atoms with van der Waals surface area (Å²) in [7, 11) is 0. The van der Waals surface area contributed by atoms with Crippen LogP contribution in [0.4, 0.5) is 5.82 Å². The Bertz CT molecular complexity index is 1070. The molecule has 0 N–H and O–H groups in total. The summed E-state index contributed by atoms with van der Waals surface area (Å²) in [5.41, 5.74) is 2.51. The van der Waals surface area contributed by atoms with Gasteiger partial charge in [-0.05, 0) is 24.6 Å². The molecule has 0 aliphatic carbocycles. The van der Waals surface area contributed by atoms with Gasteiger partial charge >= 0.3 is 0 Å². The minimum Gasteiger partial charge on any atom is -0.492 e. The molecule has 166 valence electrons. The lowest BCUT2D eigenvalue weighted by atomic mass is 10.1. The van der Waals surface area contributed by atoms with Gasteiger partial charge in [0.25, 0.3) is 5.56 Å². The van der Waals surface area contributed by atoms with Crippen molar-refractivity contribution in [1.29, 1.82) is 0 Å². The first-order chi connectivity index (χ1) is 15.7. The van der Waals surface area contributed by atoms with E-state index in [-0.39, 0.29) is 5.56 Å². The summed E-state index contributed by atoms with van der Waals surface area (Å²) in [5.74, 6) is 1.34. The highest BCUT2D eigenvalue weighted by Gasteiger charge is 2.20. The maximum atomic E-state index is 13.0. The highest BCUT2D eigenvalue weighted by atomic mass is 16.5. The van der Waals surface area contributed by atoms with E-state index in [4.69, 9.17) is 4.74 Å². The van der Waals surface area contributed by atoms with E-state index in [1.165, 1.54) is 11.1 Å². The van der Waals surface area contributed by atoms with Gasteiger partial charge in [0, 0.05) is 45.1 Å². The monoisotopic (exact) mass is 430 g/mol. The van der Waals surface area contributed by atoms with Crippen LogP contribution in [0.5, 0.6) is 5.75 Å². The van der Waals surface area contributed by atoms with Crippen molar-refractivity contribution in [3.05, 3.63) is 94.5 Å². The van der Waals surface area contributed by atoms with Gasteiger partial charge in [-0.3, -0.25) is 9.69 Å². The molecule has 32 heavy (non-hydrogen) atoms. The van der Waals surface area contributed by atoms with Crippen molar-refractivity contribution in [3.8, 4) is 5.75 Å². The Morgan fingerprint density at radius 3 is 2.41 bits per heavy atom. The quantitative estimate of drug-likeness (QED) is 0.547. The summed E-state index contributed by atoms with van der Waals surface area (Å²) < 4.78 is 7.42. The van der Waals surface area contributed by atoms with Gasteiger partial charge in [0.15, 0.2) is 5.82 Å². The fourth-order valence-electron chi connectivity index (χ4n) is 3.96. The number of ether oxygens (including phenoxy) is 1. The lowest BCUT2D eigenvalue weighted by molar-refractivity contribution is 0.277. The van der Waals surface area contributed by atoms with Gasteiger partial charge in [-0.15, -0.1) is 0 Å². The zero-order valence-electron chi connectivity index (χ0n) is 18.6. The van der Waals surface area contributed by atoms with E-state index in [1.54, 1.807) is 17.0 Å². The molecule has 1 saturated heterocycles. The Balaban J connectivity index is 1.31. The van der Waals surface area contributed by atoms with Crippen LogP contribution in [-0.2, 0) is 6.54 Å². The van der Waals surface area contributed by atoms with E-state index >= 15 is 0 Å². The number of hydrogen-bond donors (Lipinski definition) is 0. The molecule has 0 amide bonds. The molecule has 3 aromatic rings. The SMILES string of the molecule is C/C(=C\c1ccccc1)CN1CCN(c2nccn(CCOc3ccccc3)c2=O)CC1. The van der Waals surface area contributed by atoms with E-state index in [1.807, 2.05) is 36.4 Å². The summed E-state index contributed by atoms with van der Waals surface area (Å²) in [4.78, 5) is 21.9. The maximum absolute atomic E-state index is 13.0. The van der Waals surface area contributed by atoms with Crippen LogP contribution >= 0.6 is 0 Å². The first kappa shape index (κ1) is 21.8. The second kappa shape index (κ2) is 10.8. The smallest absolute Gasteiger partial charge is 0.293 e. The van der Waals surface area contributed by atoms with Crippen LogP contribution in [0.25, 0.3) is 6.08 Å². The molecule has 1 aromatic heterocycles. The fraction of sp³-hybridized carbons (Fsp3) is 0.308. The predicted molar refractivity (Wildman–Crippen MR) is 129 cm³/mol. The molecule has 6 heteroatoms. The molecular weight excluding hydrogens is 400 g/mol. The third kappa shape index (κ3) is 5.86. The van der Waals surface area contributed by atoms with Crippen LogP contribution < -0.4 is 15.2 Å². The molecule has 0 bridgehead atoms. The molecular formula is C26H30N4O2. The Morgan fingerprint density at radius 2 is 1.69 bits per heavy atom. The number of piperazine rings is 1. The van der Waals surface area contributed by atoms with Gasteiger partial charge in [0.05, 0.1) is 6.54 Å². The molecule has 4 rings (SSSR count). The Hall–Kier alpha value is -3.38. The highest BCUT2D eigenvalue weighted by molar-refractivity contribution is 5.52. The Labute approximate surface area is 189 Å². The second-order valence-corrected chi connectivity index (χ2v) is 8.08. The van der Waals surface area contributed by atoms with E-state index in [0.29, 0.717) is 19.0 Å². The van der Waals surface area contributed by atoms with Gasteiger partial charge < -0.3 is 14.2 Å². The molecule has 0 spiro atoms. The molecule has 0 unspecified atom stereocenters. The first-order valence-corrected chi connectivity index (χ1v) is 11.1. The molecule has 1 fully saturated rings. The van der Waals surface area contributed by atoms with Crippen LogP contribution in [0.15, 0.2) is 83.4 Å². The topological polar surface area (TPSA) is 50.6 Å². The molecule has 0 radical (unpaired) electrons. The van der Waals surface area contributed by atoms with Crippen molar-refractivity contribution in [2.24, 2.45) is 0 Å². The van der Waals surface area contributed by atoms with Crippen molar-refractivity contribution in [3.63, 3.8) is 0 Å². The molecule has 1 aliphatic rings. The Morgan fingerprint density at radius 1 is 1.00 bits per heavy atom. The first-order valence-electron chi connectivity index (χ1n) is 11.1. The maximum Gasteiger partial charge on any atom is 0.293 e. The van der Waals surface area contributed by atoms with Crippen LogP contribution in [0.2, 0.25) is 0 Å². The van der Waals surface area contributed by atoms with Crippen molar-refractivity contribution >= 4 is 11.9 Å². The van der Waals surface area contributed by atoms with Gasteiger partial charge in [-0.25, -0.2) is 4.98 Å². The lowest BCUT2D eigenvalue weighted by Gasteiger charge is -2.35. The number of para-hydroxylation sites is 1. The summed E-state index contributed by atoms with van der Waals surface area (Å²) in [6.45, 7) is 7.46. The fourth-order valence-corrected chi connectivity index (χ4v) is 3.96. The third-order valence-corrected chi connectivity index (χ3v) is 5.60. The molecule has 6 nitrogen and oxygen atoms in total. The summed E-state index contributed by atoms with van der Waals surface area (Å²) in [6, 6.07) is 20.1. The summed E-state index contributed by atoms with van der Waals surface area (Å²) in [6.07, 6.45) is 5.67. The van der Waals surface area contributed by atoms with Gasteiger partial charge in [0.1, 0.15) is 12.4 Å². The zero-order valence-corrected chi connectivity index (χ0v) is 18.6. The van der Waals surface area contributed by atoms with E-state index in [9.17, 15) is 4.79 Å². The van der Waals surface area contributed by atoms with E-state index in [0.717, 1.165) is 38.5 Å². The molecule has 2 aromatic carbocycles. The summed E-state index contributed by atoms with van der Waals surface area (Å²) in [5, 5.41) is 0. The van der Waals surface area contributed by atoms with E-state index in [2.05, 4.69) is 52.0 Å².